The van der Waals surface area contributed by atoms with E-state index in [0.717, 1.165) is 22.5 Å². The Labute approximate surface area is 208 Å². The minimum absolute atomic E-state index is 0.0406. The zero-order valence-electron chi connectivity index (χ0n) is 19.4. The summed E-state index contributed by atoms with van der Waals surface area (Å²) < 4.78 is 0. The molecule has 0 spiro atoms. The Morgan fingerprint density at radius 3 is 2.11 bits per heavy atom. The van der Waals surface area contributed by atoms with Gasteiger partial charge < -0.3 is 20.8 Å². The number of anilines is 2. The molecule has 0 aliphatic rings. The van der Waals surface area contributed by atoms with Crippen LogP contribution in [0.15, 0.2) is 108 Å². The van der Waals surface area contributed by atoms with Gasteiger partial charge in [0.2, 0.25) is 0 Å². The lowest BCUT2D eigenvalue weighted by molar-refractivity contribution is 0.475. The Kier molecular flexibility index (Phi) is 6.40. The molecule has 0 unspecified atom stereocenters. The van der Waals surface area contributed by atoms with E-state index in [1.54, 1.807) is 48.8 Å². The number of nitrogens with two attached hydrogens (primary N) is 1. The largest absolute Gasteiger partial charge is 0.508 e. The van der Waals surface area contributed by atoms with Crippen molar-refractivity contribution < 1.29 is 10.2 Å². The molecule has 0 radical (unpaired) electrons. The normalized spacial score (nSPS) is 11.2. The smallest absolute Gasteiger partial charge is 0.143 e. The summed E-state index contributed by atoms with van der Waals surface area (Å²) in [6.45, 7) is 1.02. The molecule has 0 aliphatic heterocycles. The highest BCUT2D eigenvalue weighted by Crippen LogP contribution is 2.39. The first-order valence-electron chi connectivity index (χ1n) is 11.4. The predicted octanol–water partition coefficient (Wildman–Crippen LogP) is 6.25. The first-order valence-corrected chi connectivity index (χ1v) is 11.4. The molecule has 0 aliphatic carbocycles. The fourth-order valence-corrected chi connectivity index (χ4v) is 3.98. The monoisotopic (exact) mass is 476 g/mol. The Morgan fingerprint density at radius 2 is 1.44 bits per heavy atom. The quantitative estimate of drug-likeness (QED) is 0.189. The van der Waals surface area contributed by atoms with Crippen LogP contribution >= 0.6 is 0 Å². The van der Waals surface area contributed by atoms with Gasteiger partial charge >= 0.3 is 0 Å². The van der Waals surface area contributed by atoms with Crippen molar-refractivity contribution in [2.45, 2.75) is 13.1 Å². The van der Waals surface area contributed by atoms with Crippen molar-refractivity contribution in [1.82, 2.24) is 9.97 Å². The molecule has 2 heterocycles. The standard InChI is InChI=1S/C28H24N6O2/c29-20-9-11-26(34(17-21-5-1-3-13-30-21)18-22-6-2-4-14-31-22)25(15-20)32-33-28-24-16-23(35)10-7-19(24)8-12-27(28)36/h1-16,35-36H,17-18,29H2. The highest BCUT2D eigenvalue weighted by atomic mass is 16.3. The number of phenols is 2. The number of hydrogen-bond donors (Lipinski definition) is 3. The summed E-state index contributed by atoms with van der Waals surface area (Å²) in [6, 6.07) is 25.2. The predicted molar refractivity (Wildman–Crippen MR) is 141 cm³/mol. The third-order valence-corrected chi connectivity index (χ3v) is 5.71. The molecule has 0 atom stereocenters. The van der Waals surface area contributed by atoms with E-state index in [-0.39, 0.29) is 17.2 Å². The van der Waals surface area contributed by atoms with Crippen LogP contribution in [0.25, 0.3) is 10.8 Å². The van der Waals surface area contributed by atoms with Gasteiger partial charge in [0.1, 0.15) is 22.9 Å². The Hall–Kier alpha value is -4.98. The van der Waals surface area contributed by atoms with Crippen LogP contribution in [0.5, 0.6) is 11.5 Å². The van der Waals surface area contributed by atoms with Crippen LogP contribution in [-0.2, 0) is 13.1 Å². The number of aromatic nitrogens is 2. The van der Waals surface area contributed by atoms with Crippen molar-refractivity contribution in [3.63, 3.8) is 0 Å². The van der Waals surface area contributed by atoms with Crippen molar-refractivity contribution in [3.8, 4) is 11.5 Å². The SMILES string of the molecule is Nc1ccc(N(Cc2ccccn2)Cc2ccccn2)c(N=Nc2c(O)ccc3ccc(O)cc23)c1. The number of phenolic OH excluding ortho intramolecular Hbond substituents is 2. The lowest BCUT2D eigenvalue weighted by Crippen LogP contribution is -2.23. The van der Waals surface area contributed by atoms with E-state index in [9.17, 15) is 10.2 Å². The molecule has 8 nitrogen and oxygen atoms in total. The number of pyridine rings is 2. The summed E-state index contributed by atoms with van der Waals surface area (Å²) in [5, 5.41) is 30.8. The average molecular weight is 477 g/mol. The molecule has 0 saturated carbocycles. The second kappa shape index (κ2) is 10.1. The maximum atomic E-state index is 10.5. The molecule has 36 heavy (non-hydrogen) atoms. The summed E-state index contributed by atoms with van der Waals surface area (Å²) in [4.78, 5) is 11.1. The minimum Gasteiger partial charge on any atom is -0.508 e. The molecular weight excluding hydrogens is 452 g/mol. The zero-order valence-corrected chi connectivity index (χ0v) is 19.4. The van der Waals surface area contributed by atoms with Crippen LogP contribution in [0.3, 0.4) is 0 Å². The van der Waals surface area contributed by atoms with Gasteiger partial charge in [-0.25, -0.2) is 0 Å². The number of nitrogens with zero attached hydrogens (tertiary/aromatic N) is 5. The van der Waals surface area contributed by atoms with Gasteiger partial charge in [-0.05, 0) is 66.0 Å². The molecule has 5 aromatic rings. The van der Waals surface area contributed by atoms with Crippen molar-refractivity contribution in [3.05, 3.63) is 109 Å². The molecule has 3 aromatic carbocycles. The van der Waals surface area contributed by atoms with Crippen LogP contribution in [-0.4, -0.2) is 20.2 Å². The first kappa shape index (κ1) is 22.8. The van der Waals surface area contributed by atoms with Gasteiger partial charge in [-0.15, -0.1) is 10.2 Å². The summed E-state index contributed by atoms with van der Waals surface area (Å²) in [6.07, 6.45) is 3.52. The molecule has 0 fully saturated rings. The summed E-state index contributed by atoms with van der Waals surface area (Å²) in [5.41, 5.74) is 9.99. The van der Waals surface area contributed by atoms with Crippen LogP contribution in [0, 0.1) is 0 Å². The fraction of sp³-hybridized carbons (Fsp3) is 0.0714. The lowest BCUT2D eigenvalue weighted by Gasteiger charge is -2.25. The molecule has 2 aromatic heterocycles. The number of hydrogen-bond acceptors (Lipinski definition) is 8. The zero-order chi connectivity index (χ0) is 24.9. The van der Waals surface area contributed by atoms with Gasteiger partial charge in [-0.2, -0.15) is 0 Å². The van der Waals surface area contributed by atoms with Gasteiger partial charge in [0.15, 0.2) is 0 Å². The fourth-order valence-electron chi connectivity index (χ4n) is 3.98. The molecule has 5 rings (SSSR count). The van der Waals surface area contributed by atoms with Crippen LogP contribution in [0.2, 0.25) is 0 Å². The highest BCUT2D eigenvalue weighted by Gasteiger charge is 2.15. The number of benzene rings is 3. The Morgan fingerprint density at radius 1 is 0.750 bits per heavy atom. The molecule has 0 saturated heterocycles. The number of aromatic hydroxyl groups is 2. The van der Waals surface area contributed by atoms with Crippen LogP contribution in [0.1, 0.15) is 11.4 Å². The van der Waals surface area contributed by atoms with Gasteiger partial charge in [-0.1, -0.05) is 24.3 Å². The minimum atomic E-state index is -0.0406. The molecule has 8 heteroatoms. The molecule has 0 bridgehead atoms. The Bertz CT molecular complexity index is 1480. The van der Waals surface area contributed by atoms with Crippen LogP contribution in [0.4, 0.5) is 22.7 Å². The maximum Gasteiger partial charge on any atom is 0.143 e. The Balaban J connectivity index is 1.58. The lowest BCUT2D eigenvalue weighted by atomic mass is 10.1. The molecule has 4 N–H and O–H groups in total. The first-order chi connectivity index (χ1) is 17.6. The van der Waals surface area contributed by atoms with E-state index in [4.69, 9.17) is 5.73 Å². The molecular formula is C28H24N6O2. The van der Waals surface area contributed by atoms with E-state index in [2.05, 4.69) is 25.1 Å². The van der Waals surface area contributed by atoms with Crippen molar-refractivity contribution in [2.75, 3.05) is 10.6 Å². The van der Waals surface area contributed by atoms with E-state index < -0.39 is 0 Å². The number of rotatable bonds is 7. The van der Waals surface area contributed by atoms with Gasteiger partial charge in [-0.3, -0.25) is 9.97 Å². The molecule has 178 valence electrons. The van der Waals surface area contributed by atoms with Gasteiger partial charge in [0, 0.05) is 23.5 Å². The van der Waals surface area contributed by atoms with Crippen molar-refractivity contribution in [2.24, 2.45) is 10.2 Å². The summed E-state index contributed by atoms with van der Waals surface area (Å²) >= 11 is 0. The third-order valence-electron chi connectivity index (χ3n) is 5.71. The topological polar surface area (TPSA) is 120 Å². The maximum absolute atomic E-state index is 10.5. The summed E-state index contributed by atoms with van der Waals surface area (Å²) in [5.74, 6) is 0.0345. The number of nitrogen functional groups attached to an aromatic ring is 1. The van der Waals surface area contributed by atoms with Crippen LogP contribution < -0.4 is 10.6 Å². The van der Waals surface area contributed by atoms with E-state index >= 15 is 0 Å². The third kappa shape index (κ3) is 5.07. The van der Waals surface area contributed by atoms with Gasteiger partial charge in [0.25, 0.3) is 0 Å². The highest BCUT2D eigenvalue weighted by molar-refractivity contribution is 5.96. The van der Waals surface area contributed by atoms with Gasteiger partial charge in [0.05, 0.1) is 30.2 Å². The van der Waals surface area contributed by atoms with Crippen molar-refractivity contribution in [1.29, 1.82) is 0 Å². The number of azo groups is 1. The number of fused-ring (bicyclic) bond motifs is 1. The van der Waals surface area contributed by atoms with E-state index in [1.807, 2.05) is 48.5 Å². The second-order valence-electron chi connectivity index (χ2n) is 8.29. The van der Waals surface area contributed by atoms with E-state index in [0.29, 0.717) is 29.9 Å². The average Bonchev–Trinajstić information content (AvgIpc) is 2.89. The molecule has 0 amide bonds. The summed E-state index contributed by atoms with van der Waals surface area (Å²) in [7, 11) is 0. The van der Waals surface area contributed by atoms with E-state index in [1.165, 1.54) is 0 Å². The van der Waals surface area contributed by atoms with Crippen molar-refractivity contribution >= 4 is 33.5 Å². The second-order valence-corrected chi connectivity index (χ2v) is 8.29.